The van der Waals surface area contributed by atoms with Crippen LogP contribution in [0.5, 0.6) is 0 Å². The van der Waals surface area contributed by atoms with Gasteiger partial charge in [-0.2, -0.15) is 5.10 Å². The van der Waals surface area contributed by atoms with Crippen LogP contribution in [0.2, 0.25) is 0 Å². The highest BCUT2D eigenvalue weighted by atomic mass is 16.1. The van der Waals surface area contributed by atoms with Crippen molar-refractivity contribution in [3.63, 3.8) is 0 Å². The van der Waals surface area contributed by atoms with Gasteiger partial charge in [-0.3, -0.25) is 4.79 Å². The third kappa shape index (κ3) is 2.08. The van der Waals surface area contributed by atoms with Crippen molar-refractivity contribution in [1.82, 2.24) is 10.2 Å². The summed E-state index contributed by atoms with van der Waals surface area (Å²) in [5.41, 5.74) is 10.0. The van der Waals surface area contributed by atoms with Crippen molar-refractivity contribution in [2.24, 2.45) is 5.11 Å². The lowest BCUT2D eigenvalue weighted by molar-refractivity contribution is 0.995. The Labute approximate surface area is 90.2 Å². The number of H-pyrrole nitrogens is 1. The summed E-state index contributed by atoms with van der Waals surface area (Å²) >= 11 is 0. The van der Waals surface area contributed by atoms with Crippen molar-refractivity contribution in [1.29, 1.82) is 0 Å². The van der Waals surface area contributed by atoms with Crippen LogP contribution in [0, 0.1) is 0 Å². The minimum absolute atomic E-state index is 0.241. The third-order valence-corrected chi connectivity index (χ3v) is 2.00. The van der Waals surface area contributed by atoms with Crippen molar-refractivity contribution in [2.75, 3.05) is 0 Å². The number of aromatic amines is 1. The van der Waals surface area contributed by atoms with E-state index in [1.165, 1.54) is 6.07 Å². The van der Waals surface area contributed by atoms with E-state index in [2.05, 4.69) is 20.2 Å². The fraction of sp³-hybridized carbons (Fsp3) is 0. The van der Waals surface area contributed by atoms with Crippen LogP contribution in [0.25, 0.3) is 21.7 Å². The van der Waals surface area contributed by atoms with Crippen LogP contribution in [0.3, 0.4) is 0 Å². The number of benzene rings is 1. The summed E-state index contributed by atoms with van der Waals surface area (Å²) in [5, 5.41) is 9.69. The summed E-state index contributed by atoms with van der Waals surface area (Å²) in [5.74, 6) is 0. The Morgan fingerprint density at radius 3 is 2.50 bits per heavy atom. The first kappa shape index (κ1) is 9.95. The van der Waals surface area contributed by atoms with Gasteiger partial charge in [-0.1, -0.05) is 29.4 Å². The zero-order chi connectivity index (χ0) is 11.4. The molecule has 1 aromatic heterocycles. The minimum Gasteiger partial charge on any atom is -0.268 e. The maximum Gasteiger partial charge on any atom is 0.264 e. The van der Waals surface area contributed by atoms with Gasteiger partial charge >= 0.3 is 0 Å². The molecule has 1 N–H and O–H groups in total. The molecule has 2 rings (SSSR count). The number of hydrogen-bond donors (Lipinski definition) is 1. The van der Waals surface area contributed by atoms with Crippen molar-refractivity contribution in [3.05, 3.63) is 57.2 Å². The minimum atomic E-state index is -0.241. The van der Waals surface area contributed by atoms with Gasteiger partial charge in [0.05, 0.1) is 5.69 Å². The summed E-state index contributed by atoms with van der Waals surface area (Å²) in [7, 11) is 0. The van der Waals surface area contributed by atoms with E-state index in [0.29, 0.717) is 11.4 Å². The summed E-state index contributed by atoms with van der Waals surface area (Å²) in [6, 6.07) is 9.93. The Morgan fingerprint density at radius 1 is 1.19 bits per heavy atom. The predicted molar refractivity (Wildman–Crippen MR) is 59.1 cm³/mol. The van der Waals surface area contributed by atoms with E-state index < -0.39 is 0 Å². The molecule has 78 valence electrons. The molecule has 1 heterocycles. The smallest absolute Gasteiger partial charge is 0.264 e. The van der Waals surface area contributed by atoms with Crippen molar-refractivity contribution in [3.8, 4) is 11.3 Å². The molecule has 2 aromatic rings. The van der Waals surface area contributed by atoms with Gasteiger partial charge in [0.15, 0.2) is 0 Å². The second kappa shape index (κ2) is 4.29. The van der Waals surface area contributed by atoms with Gasteiger partial charge < -0.3 is 0 Å². The molecule has 0 amide bonds. The fourth-order valence-corrected chi connectivity index (χ4v) is 1.26. The number of rotatable bonds is 2. The number of nitrogens with one attached hydrogen (secondary N) is 1. The molecule has 0 saturated heterocycles. The Bertz CT molecular complexity index is 575. The molecule has 0 saturated carbocycles. The van der Waals surface area contributed by atoms with E-state index >= 15 is 0 Å². The largest absolute Gasteiger partial charge is 0.268 e. The normalized spacial score (nSPS) is 9.50. The molecule has 0 unspecified atom stereocenters. The van der Waals surface area contributed by atoms with Crippen LogP contribution < -0.4 is 5.56 Å². The Morgan fingerprint density at radius 2 is 1.94 bits per heavy atom. The van der Waals surface area contributed by atoms with Gasteiger partial charge in [0.25, 0.3) is 5.56 Å². The second-order valence-electron chi connectivity index (χ2n) is 3.04. The van der Waals surface area contributed by atoms with Gasteiger partial charge in [0.1, 0.15) is 0 Å². The first-order chi connectivity index (χ1) is 7.79. The zero-order valence-corrected chi connectivity index (χ0v) is 8.16. The lowest BCUT2D eigenvalue weighted by Crippen LogP contribution is -2.05. The summed E-state index contributed by atoms with van der Waals surface area (Å²) in [4.78, 5) is 13.5. The van der Waals surface area contributed by atoms with E-state index in [-0.39, 0.29) is 5.56 Å². The topological polar surface area (TPSA) is 94.5 Å². The molecule has 0 radical (unpaired) electrons. The molecule has 0 atom stereocenters. The van der Waals surface area contributed by atoms with Crippen LogP contribution in [0.1, 0.15) is 0 Å². The summed E-state index contributed by atoms with van der Waals surface area (Å²) < 4.78 is 0. The maximum absolute atomic E-state index is 10.8. The lowest BCUT2D eigenvalue weighted by Gasteiger charge is -1.99. The van der Waals surface area contributed by atoms with Crippen molar-refractivity contribution in [2.45, 2.75) is 0 Å². The van der Waals surface area contributed by atoms with Crippen LogP contribution >= 0.6 is 0 Å². The quantitative estimate of drug-likeness (QED) is 0.471. The lowest BCUT2D eigenvalue weighted by atomic mass is 10.1. The number of hydrogen-bond acceptors (Lipinski definition) is 3. The number of azide groups is 1. The molecule has 6 nitrogen and oxygen atoms in total. The SMILES string of the molecule is [N-]=[N+]=Nc1ccc(-c2ccc(=O)[nH]n2)cc1. The molecular formula is C10H7N5O. The third-order valence-electron chi connectivity index (χ3n) is 2.00. The van der Waals surface area contributed by atoms with Gasteiger partial charge in [0, 0.05) is 22.2 Å². The molecule has 0 aliphatic carbocycles. The first-order valence-corrected chi connectivity index (χ1v) is 4.51. The van der Waals surface area contributed by atoms with Crippen LogP contribution in [-0.4, -0.2) is 10.2 Å². The summed E-state index contributed by atoms with van der Waals surface area (Å²) in [6.07, 6.45) is 0. The highest BCUT2D eigenvalue weighted by Gasteiger charge is 1.98. The zero-order valence-electron chi connectivity index (χ0n) is 8.16. The van der Waals surface area contributed by atoms with E-state index in [1.54, 1.807) is 30.3 Å². The standard InChI is InChI=1S/C10H7N5O/c11-15-12-8-3-1-7(2-4-8)9-5-6-10(16)14-13-9/h1-6H,(H,14,16). The van der Waals surface area contributed by atoms with E-state index in [0.717, 1.165) is 5.56 Å². The molecule has 0 aliphatic rings. The fourth-order valence-electron chi connectivity index (χ4n) is 1.26. The Hall–Kier alpha value is -2.59. The monoisotopic (exact) mass is 213 g/mol. The molecule has 0 aliphatic heterocycles. The summed E-state index contributed by atoms with van der Waals surface area (Å²) in [6.45, 7) is 0. The van der Waals surface area contributed by atoms with E-state index in [9.17, 15) is 4.79 Å². The molecular weight excluding hydrogens is 206 g/mol. The van der Waals surface area contributed by atoms with Gasteiger partial charge in [-0.15, -0.1) is 0 Å². The van der Waals surface area contributed by atoms with Crippen molar-refractivity contribution < 1.29 is 0 Å². The highest BCUT2D eigenvalue weighted by molar-refractivity contribution is 5.60. The van der Waals surface area contributed by atoms with Crippen LogP contribution in [0.4, 0.5) is 5.69 Å². The van der Waals surface area contributed by atoms with E-state index in [4.69, 9.17) is 5.53 Å². The molecule has 1 aromatic carbocycles. The Balaban J connectivity index is 2.38. The number of nitrogens with zero attached hydrogens (tertiary/aromatic N) is 4. The van der Waals surface area contributed by atoms with Gasteiger partial charge in [0.2, 0.25) is 0 Å². The molecule has 0 fully saturated rings. The van der Waals surface area contributed by atoms with Gasteiger partial charge in [-0.05, 0) is 11.6 Å². The second-order valence-corrected chi connectivity index (χ2v) is 3.04. The maximum atomic E-state index is 10.8. The van der Waals surface area contributed by atoms with Gasteiger partial charge in [-0.25, -0.2) is 5.10 Å². The Kier molecular flexibility index (Phi) is 2.67. The average molecular weight is 213 g/mol. The predicted octanol–water partition coefficient (Wildman–Crippen LogP) is 2.38. The van der Waals surface area contributed by atoms with Crippen molar-refractivity contribution >= 4 is 5.69 Å². The molecule has 0 bridgehead atoms. The molecule has 16 heavy (non-hydrogen) atoms. The first-order valence-electron chi connectivity index (χ1n) is 4.51. The van der Waals surface area contributed by atoms with E-state index in [1.807, 2.05) is 0 Å². The molecule has 0 spiro atoms. The number of aromatic nitrogens is 2. The van der Waals surface area contributed by atoms with Crippen LogP contribution in [-0.2, 0) is 0 Å². The molecule has 6 heteroatoms. The van der Waals surface area contributed by atoms with Crippen LogP contribution in [0.15, 0.2) is 46.3 Å². The highest BCUT2D eigenvalue weighted by Crippen LogP contribution is 2.19. The average Bonchev–Trinajstić information content (AvgIpc) is 2.32.